The fourth-order valence-electron chi connectivity index (χ4n) is 1.38. The molecule has 0 aromatic carbocycles. The highest BCUT2D eigenvalue weighted by Crippen LogP contribution is 2.25. The highest BCUT2D eigenvalue weighted by molar-refractivity contribution is 5.36. The summed E-state index contributed by atoms with van der Waals surface area (Å²) in [5, 5.41) is 0. The van der Waals surface area contributed by atoms with E-state index in [1.807, 2.05) is 0 Å². The molecule has 18 heavy (non-hydrogen) atoms. The average molecular weight is 248 g/mol. The van der Waals surface area contributed by atoms with Gasteiger partial charge < -0.3 is 19.2 Å². The number of H-pyrrole nitrogens is 1. The van der Waals surface area contributed by atoms with Crippen LogP contribution in [0.2, 0.25) is 0 Å². The minimum absolute atomic E-state index is 0.119. The van der Waals surface area contributed by atoms with E-state index in [1.54, 1.807) is 12.1 Å². The lowest BCUT2D eigenvalue weighted by Gasteiger charge is -2.08. The molecule has 0 fully saturated rings. The predicted octanol–water partition coefficient (Wildman–Crippen LogP) is 1.58. The van der Waals surface area contributed by atoms with Crippen molar-refractivity contribution >= 4 is 0 Å². The van der Waals surface area contributed by atoms with Gasteiger partial charge in [0, 0.05) is 18.3 Å². The number of pyridine rings is 2. The molecule has 2 aromatic heterocycles. The van der Waals surface area contributed by atoms with E-state index in [1.165, 1.54) is 32.7 Å². The van der Waals surface area contributed by atoms with Crippen LogP contribution in [0.15, 0.2) is 35.4 Å². The van der Waals surface area contributed by atoms with Crippen LogP contribution in [0.3, 0.4) is 0 Å². The van der Waals surface area contributed by atoms with Crippen LogP contribution >= 0.6 is 0 Å². The van der Waals surface area contributed by atoms with Crippen LogP contribution < -0.4 is 19.6 Å². The van der Waals surface area contributed by atoms with Crippen LogP contribution in [-0.2, 0) is 0 Å². The van der Waals surface area contributed by atoms with Crippen molar-refractivity contribution in [3.8, 4) is 23.3 Å². The molecule has 0 amide bonds. The van der Waals surface area contributed by atoms with Crippen LogP contribution in [0, 0.1) is 0 Å². The van der Waals surface area contributed by atoms with Gasteiger partial charge in [0.05, 0.1) is 20.4 Å². The van der Waals surface area contributed by atoms with Crippen LogP contribution in [0.25, 0.3) is 0 Å². The van der Waals surface area contributed by atoms with Gasteiger partial charge in [0.25, 0.3) is 0 Å². The number of aromatic nitrogens is 2. The van der Waals surface area contributed by atoms with Crippen LogP contribution in [-0.4, -0.2) is 24.2 Å². The molecule has 0 bridgehead atoms. The van der Waals surface area contributed by atoms with Gasteiger partial charge in [-0.25, -0.2) is 4.98 Å². The SMILES string of the molecule is COc1ccc(Oc2[nH]ccc(=O)c2OC)cn1. The zero-order chi connectivity index (χ0) is 13.0. The molecule has 2 aromatic rings. The molecular weight excluding hydrogens is 236 g/mol. The van der Waals surface area contributed by atoms with E-state index in [-0.39, 0.29) is 17.1 Å². The molecule has 0 aliphatic heterocycles. The van der Waals surface area contributed by atoms with Crippen molar-refractivity contribution in [2.75, 3.05) is 14.2 Å². The highest BCUT2D eigenvalue weighted by atomic mass is 16.5. The molecule has 0 saturated carbocycles. The largest absolute Gasteiger partial charge is 0.488 e. The predicted molar refractivity (Wildman–Crippen MR) is 64.5 cm³/mol. The number of nitrogens with zero attached hydrogens (tertiary/aromatic N) is 1. The summed E-state index contributed by atoms with van der Waals surface area (Å²) >= 11 is 0. The van der Waals surface area contributed by atoms with Crippen LogP contribution in [0.1, 0.15) is 0 Å². The number of rotatable bonds is 4. The van der Waals surface area contributed by atoms with E-state index in [0.717, 1.165) is 0 Å². The van der Waals surface area contributed by atoms with Crippen molar-refractivity contribution in [1.82, 2.24) is 9.97 Å². The number of hydrogen-bond acceptors (Lipinski definition) is 5. The van der Waals surface area contributed by atoms with Crippen molar-refractivity contribution in [2.45, 2.75) is 0 Å². The maximum Gasteiger partial charge on any atom is 0.244 e. The molecule has 1 N–H and O–H groups in total. The van der Waals surface area contributed by atoms with E-state index < -0.39 is 0 Å². The van der Waals surface area contributed by atoms with E-state index in [2.05, 4.69) is 9.97 Å². The van der Waals surface area contributed by atoms with Gasteiger partial charge in [-0.15, -0.1) is 0 Å². The third kappa shape index (κ3) is 2.42. The summed E-state index contributed by atoms with van der Waals surface area (Å²) in [4.78, 5) is 18.3. The lowest BCUT2D eigenvalue weighted by atomic mass is 10.4. The third-order valence-corrected chi connectivity index (χ3v) is 2.22. The van der Waals surface area contributed by atoms with Gasteiger partial charge in [0.2, 0.25) is 22.9 Å². The lowest BCUT2D eigenvalue weighted by molar-refractivity contribution is 0.363. The van der Waals surface area contributed by atoms with Gasteiger partial charge in [0.15, 0.2) is 0 Å². The Labute approximate surface area is 103 Å². The van der Waals surface area contributed by atoms with Crippen molar-refractivity contribution < 1.29 is 14.2 Å². The number of nitrogens with one attached hydrogen (secondary N) is 1. The number of aromatic amines is 1. The molecule has 2 rings (SSSR count). The maximum atomic E-state index is 11.5. The van der Waals surface area contributed by atoms with Crippen molar-refractivity contribution in [2.24, 2.45) is 0 Å². The molecule has 0 atom stereocenters. The zero-order valence-corrected chi connectivity index (χ0v) is 9.97. The number of hydrogen-bond donors (Lipinski definition) is 1. The smallest absolute Gasteiger partial charge is 0.244 e. The molecule has 0 aliphatic carbocycles. The van der Waals surface area contributed by atoms with Gasteiger partial charge in [0.1, 0.15) is 5.75 Å². The summed E-state index contributed by atoms with van der Waals surface area (Å²) in [7, 11) is 2.93. The fraction of sp³-hybridized carbons (Fsp3) is 0.167. The quantitative estimate of drug-likeness (QED) is 0.889. The molecule has 0 spiro atoms. The van der Waals surface area contributed by atoms with Crippen molar-refractivity contribution in [1.29, 1.82) is 0 Å². The Balaban J connectivity index is 2.28. The second-order valence-electron chi connectivity index (χ2n) is 3.34. The molecular formula is C12H12N2O4. The molecule has 6 nitrogen and oxygen atoms in total. The summed E-state index contributed by atoms with van der Waals surface area (Å²) in [6, 6.07) is 4.69. The van der Waals surface area contributed by atoms with E-state index in [4.69, 9.17) is 14.2 Å². The standard InChI is InChI=1S/C12H12N2O4/c1-16-10-4-3-8(7-14-10)18-12-11(17-2)9(15)5-6-13-12/h3-7H,1-2H3,(H,13,15). The molecule has 94 valence electrons. The maximum absolute atomic E-state index is 11.5. The molecule has 0 radical (unpaired) electrons. The van der Waals surface area contributed by atoms with Crippen LogP contribution in [0.4, 0.5) is 0 Å². The van der Waals surface area contributed by atoms with E-state index in [9.17, 15) is 4.79 Å². The second-order valence-corrected chi connectivity index (χ2v) is 3.34. The number of methoxy groups -OCH3 is 2. The average Bonchev–Trinajstić information content (AvgIpc) is 2.40. The highest BCUT2D eigenvalue weighted by Gasteiger charge is 2.09. The Kier molecular flexibility index (Phi) is 3.47. The Hall–Kier alpha value is -2.50. The molecule has 2 heterocycles. The molecule has 0 unspecified atom stereocenters. The summed E-state index contributed by atoms with van der Waals surface area (Å²) in [6.07, 6.45) is 2.97. The zero-order valence-electron chi connectivity index (χ0n) is 9.97. The van der Waals surface area contributed by atoms with Gasteiger partial charge in [-0.2, -0.15) is 0 Å². The summed E-state index contributed by atoms with van der Waals surface area (Å²) in [5.41, 5.74) is -0.257. The van der Waals surface area contributed by atoms with E-state index >= 15 is 0 Å². The van der Waals surface area contributed by atoms with Crippen LogP contribution in [0.5, 0.6) is 23.3 Å². The first-order valence-electron chi connectivity index (χ1n) is 5.18. The normalized spacial score (nSPS) is 9.89. The van der Waals surface area contributed by atoms with Gasteiger partial charge in [-0.3, -0.25) is 4.79 Å². The first-order valence-corrected chi connectivity index (χ1v) is 5.18. The first kappa shape index (κ1) is 12.0. The second kappa shape index (κ2) is 5.22. The minimum atomic E-state index is -0.257. The van der Waals surface area contributed by atoms with Crippen molar-refractivity contribution in [3.63, 3.8) is 0 Å². The van der Waals surface area contributed by atoms with Gasteiger partial charge >= 0.3 is 0 Å². The summed E-state index contributed by atoms with van der Waals surface area (Å²) < 4.78 is 15.4. The number of ether oxygens (including phenoxy) is 3. The fourth-order valence-corrected chi connectivity index (χ4v) is 1.38. The van der Waals surface area contributed by atoms with Gasteiger partial charge in [-0.1, -0.05) is 0 Å². The monoisotopic (exact) mass is 248 g/mol. The summed E-state index contributed by atoms with van der Waals surface area (Å²) in [5.74, 6) is 1.30. The Bertz CT molecular complexity index is 577. The van der Waals surface area contributed by atoms with E-state index in [0.29, 0.717) is 11.6 Å². The lowest BCUT2D eigenvalue weighted by Crippen LogP contribution is -2.06. The topological polar surface area (TPSA) is 73.4 Å². The van der Waals surface area contributed by atoms with Gasteiger partial charge in [-0.05, 0) is 6.07 Å². The minimum Gasteiger partial charge on any atom is -0.488 e. The molecule has 0 saturated heterocycles. The Morgan fingerprint density at radius 1 is 1.17 bits per heavy atom. The first-order chi connectivity index (χ1) is 8.74. The molecule has 6 heteroatoms. The Morgan fingerprint density at radius 2 is 2.00 bits per heavy atom. The Morgan fingerprint density at radius 3 is 2.61 bits per heavy atom. The third-order valence-electron chi connectivity index (χ3n) is 2.22. The van der Waals surface area contributed by atoms with Crippen molar-refractivity contribution in [3.05, 3.63) is 40.8 Å². The molecule has 0 aliphatic rings. The summed E-state index contributed by atoms with van der Waals surface area (Å²) in [6.45, 7) is 0.